The van der Waals surface area contributed by atoms with Crippen molar-refractivity contribution >= 4 is 29.1 Å². The predicted molar refractivity (Wildman–Crippen MR) is 114 cm³/mol. The van der Waals surface area contributed by atoms with E-state index in [4.69, 9.17) is 0 Å². The molecule has 0 saturated heterocycles. The van der Waals surface area contributed by atoms with Crippen LogP contribution in [0.4, 0.5) is 5.69 Å². The van der Waals surface area contributed by atoms with Crippen molar-refractivity contribution in [3.8, 4) is 0 Å². The predicted octanol–water partition coefficient (Wildman–Crippen LogP) is 2.20. The number of ketones is 2. The second-order valence-electron chi connectivity index (χ2n) is 7.22. The molecule has 156 valence electrons. The third-order valence-corrected chi connectivity index (χ3v) is 5.16. The van der Waals surface area contributed by atoms with Crippen LogP contribution in [-0.2, 0) is 9.59 Å². The molecule has 0 radical (unpaired) electrons. The van der Waals surface area contributed by atoms with Gasteiger partial charge in [0.1, 0.15) is 0 Å². The van der Waals surface area contributed by atoms with Crippen molar-refractivity contribution in [3.05, 3.63) is 64.7 Å². The second-order valence-corrected chi connectivity index (χ2v) is 7.22. The molecule has 0 unspecified atom stereocenters. The van der Waals surface area contributed by atoms with Gasteiger partial charge in [0.15, 0.2) is 11.6 Å². The zero-order chi connectivity index (χ0) is 21.8. The number of benzene rings is 2. The van der Waals surface area contributed by atoms with Crippen molar-refractivity contribution in [2.45, 2.75) is 13.8 Å². The molecule has 2 aromatic rings. The minimum Gasteiger partial charge on any atom is -0.342 e. The summed E-state index contributed by atoms with van der Waals surface area (Å²) >= 11 is 0. The topological polar surface area (TPSA) is 86.8 Å². The fourth-order valence-corrected chi connectivity index (χ4v) is 3.65. The second kappa shape index (κ2) is 9.00. The number of amides is 2. The lowest BCUT2D eigenvalue weighted by Crippen LogP contribution is -2.41. The van der Waals surface area contributed by atoms with Gasteiger partial charge < -0.3 is 10.2 Å². The molecule has 2 amide bonds. The maximum atomic E-state index is 13.0. The molecule has 30 heavy (non-hydrogen) atoms. The van der Waals surface area contributed by atoms with Gasteiger partial charge in [-0.15, -0.1) is 0 Å². The van der Waals surface area contributed by atoms with Gasteiger partial charge >= 0.3 is 0 Å². The van der Waals surface area contributed by atoms with Gasteiger partial charge in [-0.1, -0.05) is 36.4 Å². The first-order chi connectivity index (χ1) is 14.4. The van der Waals surface area contributed by atoms with E-state index in [0.29, 0.717) is 29.9 Å². The molecule has 0 bridgehead atoms. The summed E-state index contributed by atoms with van der Waals surface area (Å²) < 4.78 is 0. The number of hydrogen-bond donors (Lipinski definition) is 1. The Morgan fingerprint density at radius 3 is 2.07 bits per heavy atom. The van der Waals surface area contributed by atoms with Crippen LogP contribution >= 0.6 is 0 Å². The Morgan fingerprint density at radius 2 is 1.43 bits per heavy atom. The quantitative estimate of drug-likeness (QED) is 0.649. The van der Waals surface area contributed by atoms with E-state index in [1.165, 1.54) is 0 Å². The molecule has 7 nitrogen and oxygen atoms in total. The summed E-state index contributed by atoms with van der Waals surface area (Å²) in [5, 5.41) is 2.73. The number of rotatable bonds is 7. The molecule has 1 aliphatic carbocycles. The van der Waals surface area contributed by atoms with Crippen molar-refractivity contribution in [1.82, 2.24) is 9.80 Å². The Hall–Kier alpha value is -3.32. The highest BCUT2D eigenvalue weighted by atomic mass is 16.2. The Labute approximate surface area is 175 Å². The third-order valence-electron chi connectivity index (χ3n) is 5.16. The fourth-order valence-electron chi connectivity index (χ4n) is 3.65. The van der Waals surface area contributed by atoms with Gasteiger partial charge in [-0.05, 0) is 27.0 Å². The van der Waals surface area contributed by atoms with E-state index in [-0.39, 0.29) is 47.6 Å². The number of likely N-dealkylation sites (N-methyl/N-ethyl adjacent to an activating group) is 2. The maximum Gasteiger partial charge on any atom is 0.238 e. The molecule has 2 aromatic carbocycles. The van der Waals surface area contributed by atoms with Gasteiger partial charge in [-0.2, -0.15) is 0 Å². The molecule has 0 aromatic heterocycles. The highest BCUT2D eigenvalue weighted by molar-refractivity contribution is 6.30. The lowest BCUT2D eigenvalue weighted by Gasteiger charge is -2.23. The van der Waals surface area contributed by atoms with Crippen LogP contribution in [0.3, 0.4) is 0 Å². The molecular weight excluding hydrogens is 382 g/mol. The molecule has 0 atom stereocenters. The normalized spacial score (nSPS) is 12.4. The van der Waals surface area contributed by atoms with Crippen molar-refractivity contribution in [2.75, 3.05) is 38.5 Å². The summed E-state index contributed by atoms with van der Waals surface area (Å²) in [5.41, 5.74) is 1.48. The van der Waals surface area contributed by atoms with E-state index in [1.807, 2.05) is 13.8 Å². The molecule has 7 heteroatoms. The molecule has 0 heterocycles. The van der Waals surface area contributed by atoms with Crippen LogP contribution in [0.2, 0.25) is 0 Å². The molecule has 1 aliphatic rings. The lowest BCUT2D eigenvalue weighted by atomic mass is 9.83. The van der Waals surface area contributed by atoms with Crippen LogP contribution in [0.15, 0.2) is 42.5 Å². The summed E-state index contributed by atoms with van der Waals surface area (Å²) in [6, 6.07) is 11.5. The van der Waals surface area contributed by atoms with Crippen LogP contribution in [0.1, 0.15) is 45.7 Å². The van der Waals surface area contributed by atoms with E-state index >= 15 is 0 Å². The smallest absolute Gasteiger partial charge is 0.238 e. The zero-order valence-corrected chi connectivity index (χ0v) is 17.4. The van der Waals surface area contributed by atoms with Gasteiger partial charge in [0, 0.05) is 29.8 Å². The van der Waals surface area contributed by atoms with Gasteiger partial charge in [0.2, 0.25) is 11.8 Å². The number of nitrogens with zero attached hydrogens (tertiary/aromatic N) is 2. The first-order valence-corrected chi connectivity index (χ1v) is 9.94. The third kappa shape index (κ3) is 4.16. The monoisotopic (exact) mass is 407 g/mol. The van der Waals surface area contributed by atoms with Crippen molar-refractivity contribution in [3.63, 3.8) is 0 Å². The molecule has 1 N–H and O–H groups in total. The number of carbonyl (C=O) groups excluding carboxylic acids is 4. The molecule has 0 fully saturated rings. The van der Waals surface area contributed by atoms with Crippen LogP contribution < -0.4 is 5.32 Å². The maximum absolute atomic E-state index is 13.0. The molecular formula is C23H25N3O4. The minimum atomic E-state index is -0.364. The minimum absolute atomic E-state index is 0.0185. The summed E-state index contributed by atoms with van der Waals surface area (Å²) in [6.07, 6.45) is 0. The van der Waals surface area contributed by atoms with Crippen molar-refractivity contribution in [2.24, 2.45) is 0 Å². The first kappa shape index (κ1) is 21.4. The average molecular weight is 407 g/mol. The Bertz CT molecular complexity index is 1010. The van der Waals surface area contributed by atoms with E-state index < -0.39 is 0 Å². The van der Waals surface area contributed by atoms with Gasteiger partial charge in [-0.25, -0.2) is 0 Å². The van der Waals surface area contributed by atoms with Crippen molar-refractivity contribution < 1.29 is 19.2 Å². The zero-order valence-electron chi connectivity index (χ0n) is 17.4. The van der Waals surface area contributed by atoms with E-state index in [1.54, 1.807) is 59.3 Å². The standard InChI is InChI=1S/C23H25N3O4/c1-4-26(5-2)20(28)14-25(3)13-19(27)24-18-12-8-11-17-21(18)23(30)16-10-7-6-9-15(16)22(17)29/h6-12H,4-5,13-14H2,1-3H3,(H,24,27). The average Bonchev–Trinajstić information content (AvgIpc) is 2.72. The van der Waals surface area contributed by atoms with Crippen LogP contribution in [-0.4, -0.2) is 66.4 Å². The van der Waals surface area contributed by atoms with Crippen LogP contribution in [0.5, 0.6) is 0 Å². The van der Waals surface area contributed by atoms with E-state index in [9.17, 15) is 19.2 Å². The number of carbonyl (C=O) groups is 4. The highest BCUT2D eigenvalue weighted by Crippen LogP contribution is 2.31. The Morgan fingerprint density at radius 1 is 0.833 bits per heavy atom. The highest BCUT2D eigenvalue weighted by Gasteiger charge is 2.31. The Balaban J connectivity index is 1.76. The molecule has 0 spiro atoms. The van der Waals surface area contributed by atoms with Gasteiger partial charge in [0.05, 0.1) is 24.3 Å². The molecule has 3 rings (SSSR count). The number of fused-ring (bicyclic) bond motifs is 2. The van der Waals surface area contributed by atoms with Crippen LogP contribution in [0.25, 0.3) is 0 Å². The Kier molecular flexibility index (Phi) is 6.42. The van der Waals surface area contributed by atoms with Gasteiger partial charge in [-0.3, -0.25) is 24.1 Å². The lowest BCUT2D eigenvalue weighted by molar-refractivity contribution is -0.132. The van der Waals surface area contributed by atoms with Crippen molar-refractivity contribution in [1.29, 1.82) is 0 Å². The van der Waals surface area contributed by atoms with Gasteiger partial charge in [0.25, 0.3) is 0 Å². The number of nitrogens with one attached hydrogen (secondary N) is 1. The van der Waals surface area contributed by atoms with E-state index in [2.05, 4.69) is 5.32 Å². The first-order valence-electron chi connectivity index (χ1n) is 9.94. The summed E-state index contributed by atoms with van der Waals surface area (Å²) in [6.45, 7) is 5.14. The SMILES string of the molecule is CCN(CC)C(=O)CN(C)CC(=O)Nc1cccc2c1C(=O)c1ccccc1C2=O. The number of hydrogen-bond acceptors (Lipinski definition) is 5. The number of anilines is 1. The summed E-state index contributed by atoms with van der Waals surface area (Å²) in [7, 11) is 1.69. The van der Waals surface area contributed by atoms with E-state index in [0.717, 1.165) is 0 Å². The molecule has 0 saturated carbocycles. The summed E-state index contributed by atoms with van der Waals surface area (Å²) in [5.74, 6) is -0.943. The van der Waals surface area contributed by atoms with Crippen LogP contribution in [0, 0.1) is 0 Å². The molecule has 0 aliphatic heterocycles. The summed E-state index contributed by atoms with van der Waals surface area (Å²) in [4.78, 5) is 53.9. The fraction of sp³-hybridized carbons (Fsp3) is 0.304. The largest absolute Gasteiger partial charge is 0.342 e.